The molecule has 30 heavy (non-hydrogen) atoms. The summed E-state index contributed by atoms with van der Waals surface area (Å²) in [6.45, 7) is 5.25. The van der Waals surface area contributed by atoms with Crippen LogP contribution in [0.15, 0.2) is 62.8 Å². The van der Waals surface area contributed by atoms with E-state index in [1.165, 1.54) is 23.9 Å². The van der Waals surface area contributed by atoms with E-state index in [0.29, 0.717) is 28.7 Å². The molecule has 0 unspecified atom stereocenters. The standard InChI is InChI=1S/C20H22N4O4S2/c1-13(2)24-30(26,27)16-10-8-15(9-11-16)22-20(25)17-6-4-5-7-18(17)29-12-19-21-14(3)23-28-19/h4-11,13,24H,12H2,1-3H3,(H,22,25). The molecule has 2 aromatic carbocycles. The number of anilines is 1. The number of nitrogens with one attached hydrogen (secondary N) is 2. The van der Waals surface area contributed by atoms with E-state index in [9.17, 15) is 13.2 Å². The fourth-order valence-corrected chi connectivity index (χ4v) is 4.75. The zero-order valence-electron chi connectivity index (χ0n) is 16.7. The Kier molecular flexibility index (Phi) is 6.91. The van der Waals surface area contributed by atoms with Gasteiger partial charge in [-0.25, -0.2) is 13.1 Å². The van der Waals surface area contributed by atoms with E-state index in [0.717, 1.165) is 4.90 Å². The third kappa shape index (κ3) is 5.68. The number of amides is 1. The number of rotatable bonds is 8. The van der Waals surface area contributed by atoms with E-state index in [2.05, 4.69) is 20.2 Å². The quantitative estimate of drug-likeness (QED) is 0.508. The van der Waals surface area contributed by atoms with Crippen molar-refractivity contribution in [3.63, 3.8) is 0 Å². The smallest absolute Gasteiger partial charge is 0.256 e. The molecule has 0 spiro atoms. The normalized spacial score (nSPS) is 11.6. The van der Waals surface area contributed by atoms with Crippen LogP contribution in [0.4, 0.5) is 5.69 Å². The van der Waals surface area contributed by atoms with Gasteiger partial charge >= 0.3 is 0 Å². The summed E-state index contributed by atoms with van der Waals surface area (Å²) >= 11 is 1.42. The molecule has 158 valence electrons. The fraction of sp³-hybridized carbons (Fsp3) is 0.250. The Morgan fingerprint density at radius 1 is 1.13 bits per heavy atom. The van der Waals surface area contributed by atoms with Gasteiger partial charge in [-0.3, -0.25) is 4.79 Å². The first-order chi connectivity index (χ1) is 14.2. The largest absolute Gasteiger partial charge is 0.338 e. The van der Waals surface area contributed by atoms with Crippen LogP contribution in [0.5, 0.6) is 0 Å². The third-order valence-electron chi connectivity index (χ3n) is 3.87. The lowest BCUT2D eigenvalue weighted by atomic mass is 10.2. The van der Waals surface area contributed by atoms with E-state index in [1.54, 1.807) is 45.0 Å². The Morgan fingerprint density at radius 3 is 2.47 bits per heavy atom. The highest BCUT2D eigenvalue weighted by Gasteiger charge is 2.16. The van der Waals surface area contributed by atoms with Crippen LogP contribution in [0, 0.1) is 6.92 Å². The van der Waals surface area contributed by atoms with Crippen molar-refractivity contribution in [1.82, 2.24) is 14.9 Å². The maximum absolute atomic E-state index is 12.8. The molecule has 0 atom stereocenters. The number of aromatic nitrogens is 2. The molecular formula is C20H22N4O4S2. The second kappa shape index (κ2) is 9.41. The molecule has 0 bridgehead atoms. The summed E-state index contributed by atoms with van der Waals surface area (Å²) in [6, 6.07) is 13.0. The number of hydrogen-bond donors (Lipinski definition) is 2. The Morgan fingerprint density at radius 2 is 1.83 bits per heavy atom. The first kappa shape index (κ1) is 22.0. The van der Waals surface area contributed by atoms with Crippen molar-refractivity contribution in [3.05, 3.63) is 65.8 Å². The second-order valence-electron chi connectivity index (χ2n) is 6.77. The van der Waals surface area contributed by atoms with Crippen LogP contribution in [-0.2, 0) is 15.8 Å². The molecule has 8 nitrogen and oxygen atoms in total. The van der Waals surface area contributed by atoms with Crippen LogP contribution in [0.2, 0.25) is 0 Å². The molecule has 10 heteroatoms. The highest BCUT2D eigenvalue weighted by Crippen LogP contribution is 2.26. The number of benzene rings is 2. The number of nitrogens with zero attached hydrogens (tertiary/aromatic N) is 2. The lowest BCUT2D eigenvalue weighted by Gasteiger charge is -2.11. The SMILES string of the molecule is Cc1noc(CSc2ccccc2C(=O)Nc2ccc(S(=O)(=O)NC(C)C)cc2)n1. The first-order valence-corrected chi connectivity index (χ1v) is 11.7. The number of sulfonamides is 1. The topological polar surface area (TPSA) is 114 Å². The molecule has 3 aromatic rings. The molecule has 3 rings (SSSR count). The first-order valence-electron chi connectivity index (χ1n) is 9.19. The molecule has 0 saturated heterocycles. The van der Waals surface area contributed by atoms with Gasteiger partial charge in [-0.1, -0.05) is 17.3 Å². The van der Waals surface area contributed by atoms with E-state index < -0.39 is 10.0 Å². The van der Waals surface area contributed by atoms with E-state index in [4.69, 9.17) is 4.52 Å². The number of thioether (sulfide) groups is 1. The second-order valence-corrected chi connectivity index (χ2v) is 9.51. The van der Waals surface area contributed by atoms with Gasteiger partial charge in [0.05, 0.1) is 16.2 Å². The maximum Gasteiger partial charge on any atom is 0.256 e. The lowest BCUT2D eigenvalue weighted by Crippen LogP contribution is -2.30. The summed E-state index contributed by atoms with van der Waals surface area (Å²) in [6.07, 6.45) is 0. The number of hydrogen-bond acceptors (Lipinski definition) is 7. The van der Waals surface area contributed by atoms with Gasteiger partial charge in [0.15, 0.2) is 5.82 Å². The van der Waals surface area contributed by atoms with Gasteiger partial charge in [-0.2, -0.15) is 4.98 Å². The molecule has 0 aliphatic carbocycles. The zero-order valence-corrected chi connectivity index (χ0v) is 18.4. The molecule has 0 fully saturated rings. The van der Waals surface area contributed by atoms with E-state index in [1.807, 2.05) is 12.1 Å². The Bertz CT molecular complexity index is 1130. The van der Waals surface area contributed by atoms with Crippen molar-refractivity contribution in [1.29, 1.82) is 0 Å². The minimum atomic E-state index is -3.58. The minimum Gasteiger partial charge on any atom is -0.338 e. The third-order valence-corrected chi connectivity index (χ3v) is 6.60. The summed E-state index contributed by atoms with van der Waals surface area (Å²) in [4.78, 5) is 17.8. The predicted molar refractivity (Wildman–Crippen MR) is 115 cm³/mol. The lowest BCUT2D eigenvalue weighted by molar-refractivity contribution is 0.102. The van der Waals surface area contributed by atoms with Crippen LogP contribution >= 0.6 is 11.8 Å². The van der Waals surface area contributed by atoms with Gasteiger partial charge in [-0.05, 0) is 57.2 Å². The van der Waals surface area contributed by atoms with E-state index in [-0.39, 0.29) is 16.8 Å². The van der Waals surface area contributed by atoms with Gasteiger partial charge < -0.3 is 9.84 Å². The molecule has 2 N–H and O–H groups in total. The zero-order chi connectivity index (χ0) is 21.7. The van der Waals surface area contributed by atoms with Crippen LogP contribution in [-0.4, -0.2) is 30.5 Å². The van der Waals surface area contributed by atoms with Crippen molar-refractivity contribution in [2.45, 2.75) is 42.4 Å². The Labute approximate surface area is 179 Å². The number of aryl methyl sites for hydroxylation is 1. The molecule has 1 heterocycles. The van der Waals surface area contributed by atoms with Crippen molar-refractivity contribution in [3.8, 4) is 0 Å². The average molecular weight is 447 g/mol. The molecule has 0 radical (unpaired) electrons. The number of carbonyl (C=O) groups excluding carboxylic acids is 1. The molecule has 0 aliphatic rings. The monoisotopic (exact) mass is 446 g/mol. The molecule has 1 aromatic heterocycles. The van der Waals surface area contributed by atoms with Gasteiger partial charge in [-0.15, -0.1) is 11.8 Å². The van der Waals surface area contributed by atoms with E-state index >= 15 is 0 Å². The van der Waals surface area contributed by atoms with Gasteiger partial charge in [0.2, 0.25) is 15.9 Å². The Balaban J connectivity index is 1.70. The molecule has 0 saturated carbocycles. The Hall–Kier alpha value is -2.69. The molecule has 0 aliphatic heterocycles. The van der Waals surface area contributed by atoms with Crippen LogP contribution in [0.1, 0.15) is 35.9 Å². The van der Waals surface area contributed by atoms with Gasteiger partial charge in [0, 0.05) is 16.6 Å². The summed E-state index contributed by atoms with van der Waals surface area (Å²) in [7, 11) is -3.58. The van der Waals surface area contributed by atoms with Gasteiger partial charge in [0.1, 0.15) is 0 Å². The summed E-state index contributed by atoms with van der Waals surface area (Å²) in [5.41, 5.74) is 0.993. The van der Waals surface area contributed by atoms with Crippen molar-refractivity contribution in [2.75, 3.05) is 5.32 Å². The van der Waals surface area contributed by atoms with Crippen molar-refractivity contribution < 1.29 is 17.7 Å². The van der Waals surface area contributed by atoms with Crippen LogP contribution < -0.4 is 10.0 Å². The highest BCUT2D eigenvalue weighted by atomic mass is 32.2. The van der Waals surface area contributed by atoms with Crippen LogP contribution in [0.3, 0.4) is 0 Å². The number of carbonyl (C=O) groups is 1. The predicted octanol–water partition coefficient (Wildman–Crippen LogP) is 3.61. The highest BCUT2D eigenvalue weighted by molar-refractivity contribution is 7.98. The average Bonchev–Trinajstić information content (AvgIpc) is 3.11. The molecule has 1 amide bonds. The van der Waals surface area contributed by atoms with Crippen LogP contribution in [0.25, 0.3) is 0 Å². The van der Waals surface area contributed by atoms with Crippen molar-refractivity contribution >= 4 is 33.4 Å². The minimum absolute atomic E-state index is 0.139. The summed E-state index contributed by atoms with van der Waals surface area (Å²) < 4.78 is 32.1. The summed E-state index contributed by atoms with van der Waals surface area (Å²) in [5.74, 6) is 1.20. The van der Waals surface area contributed by atoms with Crippen molar-refractivity contribution in [2.24, 2.45) is 0 Å². The maximum atomic E-state index is 12.8. The molecular weight excluding hydrogens is 424 g/mol. The van der Waals surface area contributed by atoms with Gasteiger partial charge in [0.25, 0.3) is 5.91 Å². The summed E-state index contributed by atoms with van der Waals surface area (Å²) in [5, 5.41) is 6.56. The fourth-order valence-electron chi connectivity index (χ4n) is 2.61.